The van der Waals surface area contributed by atoms with Gasteiger partial charge in [-0.1, -0.05) is 23.3 Å². The van der Waals surface area contributed by atoms with Crippen LogP contribution in [0.25, 0.3) is 0 Å². The lowest BCUT2D eigenvalue weighted by atomic mass is 10.1. The molecular weight excluding hydrogens is 302 g/mol. The highest BCUT2D eigenvalue weighted by Gasteiger charge is 2.19. The van der Waals surface area contributed by atoms with Gasteiger partial charge in [0.1, 0.15) is 0 Å². The molecule has 0 spiro atoms. The number of halogens is 2. The van der Waals surface area contributed by atoms with Crippen LogP contribution in [0.1, 0.15) is 23.7 Å². The minimum absolute atomic E-state index is 0.0530. The number of hydrogen-bond acceptors (Lipinski definition) is 1. The molecule has 1 aromatic rings. The van der Waals surface area contributed by atoms with Gasteiger partial charge in [0.25, 0.3) is 5.91 Å². The van der Waals surface area contributed by atoms with Crippen LogP contribution in [0.5, 0.6) is 0 Å². The number of carbonyl (C=O) groups excluding carboxylic acids is 1. The summed E-state index contributed by atoms with van der Waals surface area (Å²) in [6.07, 6.45) is 3.06. The smallest absolute Gasteiger partial charge is 0.255 e. The van der Waals surface area contributed by atoms with E-state index in [0.29, 0.717) is 17.1 Å². The topological polar surface area (TPSA) is 20.3 Å². The molecule has 0 saturated heterocycles. The third kappa shape index (κ3) is 2.90. The van der Waals surface area contributed by atoms with E-state index >= 15 is 0 Å². The van der Waals surface area contributed by atoms with E-state index < -0.39 is 0 Å². The Morgan fingerprint density at radius 2 is 2.24 bits per heavy atom. The second-order valence-corrected chi connectivity index (χ2v) is 5.47. The SMILES string of the molecule is CC1=CCN(C(=O)c2ccc(Cl)cc2Br)CC1. The third-order valence-corrected chi connectivity index (χ3v) is 3.78. The average molecular weight is 315 g/mol. The van der Waals surface area contributed by atoms with Crippen LogP contribution in [-0.2, 0) is 0 Å². The van der Waals surface area contributed by atoms with Crippen molar-refractivity contribution in [1.29, 1.82) is 0 Å². The maximum atomic E-state index is 12.3. The summed E-state index contributed by atoms with van der Waals surface area (Å²) in [4.78, 5) is 14.1. The van der Waals surface area contributed by atoms with E-state index in [2.05, 4.69) is 28.9 Å². The predicted octanol–water partition coefficient (Wildman–Crippen LogP) is 3.89. The number of benzene rings is 1. The zero-order valence-corrected chi connectivity index (χ0v) is 11.9. The molecule has 0 unspecified atom stereocenters. The highest BCUT2D eigenvalue weighted by atomic mass is 79.9. The number of hydrogen-bond donors (Lipinski definition) is 0. The Morgan fingerprint density at radius 1 is 1.47 bits per heavy atom. The first-order valence-corrected chi connectivity index (χ1v) is 6.65. The molecule has 1 aliphatic heterocycles. The Labute approximate surface area is 114 Å². The minimum atomic E-state index is 0.0530. The molecule has 0 aromatic heterocycles. The Bertz CT molecular complexity index is 484. The second kappa shape index (κ2) is 5.23. The summed E-state index contributed by atoms with van der Waals surface area (Å²) >= 11 is 9.24. The molecule has 0 bridgehead atoms. The van der Waals surface area contributed by atoms with Crippen molar-refractivity contribution >= 4 is 33.4 Å². The van der Waals surface area contributed by atoms with Crippen molar-refractivity contribution < 1.29 is 4.79 Å². The van der Waals surface area contributed by atoms with Gasteiger partial charge in [-0.15, -0.1) is 0 Å². The van der Waals surface area contributed by atoms with Crippen molar-refractivity contribution in [1.82, 2.24) is 4.90 Å². The monoisotopic (exact) mass is 313 g/mol. The van der Waals surface area contributed by atoms with E-state index in [1.54, 1.807) is 18.2 Å². The zero-order chi connectivity index (χ0) is 12.4. The lowest BCUT2D eigenvalue weighted by molar-refractivity contribution is 0.0768. The Kier molecular flexibility index (Phi) is 3.89. The Balaban J connectivity index is 2.20. The first kappa shape index (κ1) is 12.7. The van der Waals surface area contributed by atoms with Crippen LogP contribution < -0.4 is 0 Å². The van der Waals surface area contributed by atoms with Gasteiger partial charge in [0.2, 0.25) is 0 Å². The number of carbonyl (C=O) groups is 1. The van der Waals surface area contributed by atoms with Crippen molar-refractivity contribution in [2.24, 2.45) is 0 Å². The van der Waals surface area contributed by atoms with E-state index in [-0.39, 0.29) is 5.91 Å². The summed E-state index contributed by atoms with van der Waals surface area (Å²) in [6.45, 7) is 3.58. The molecule has 4 heteroatoms. The number of amides is 1. The number of nitrogens with zero attached hydrogens (tertiary/aromatic N) is 1. The maximum absolute atomic E-state index is 12.3. The van der Waals surface area contributed by atoms with E-state index in [0.717, 1.165) is 17.4 Å². The lowest BCUT2D eigenvalue weighted by Gasteiger charge is -2.26. The van der Waals surface area contributed by atoms with Gasteiger partial charge >= 0.3 is 0 Å². The first-order valence-electron chi connectivity index (χ1n) is 5.48. The molecule has 1 aliphatic rings. The van der Waals surface area contributed by atoms with E-state index in [1.165, 1.54) is 5.57 Å². The van der Waals surface area contributed by atoms with Crippen molar-refractivity contribution in [3.63, 3.8) is 0 Å². The van der Waals surface area contributed by atoms with Gasteiger partial charge in [0, 0.05) is 22.6 Å². The van der Waals surface area contributed by atoms with Crippen molar-refractivity contribution in [3.05, 3.63) is 44.9 Å². The zero-order valence-electron chi connectivity index (χ0n) is 9.54. The normalized spacial score (nSPS) is 15.7. The van der Waals surface area contributed by atoms with Gasteiger partial charge in [-0.25, -0.2) is 0 Å². The van der Waals surface area contributed by atoms with Crippen LogP contribution in [-0.4, -0.2) is 23.9 Å². The summed E-state index contributed by atoms with van der Waals surface area (Å²) in [7, 11) is 0. The minimum Gasteiger partial charge on any atom is -0.335 e. The molecule has 1 amide bonds. The van der Waals surface area contributed by atoms with Gasteiger partial charge < -0.3 is 4.90 Å². The molecule has 2 nitrogen and oxygen atoms in total. The average Bonchev–Trinajstić information content (AvgIpc) is 2.29. The highest BCUT2D eigenvalue weighted by Crippen LogP contribution is 2.23. The van der Waals surface area contributed by atoms with Gasteiger partial charge in [-0.2, -0.15) is 0 Å². The molecule has 0 radical (unpaired) electrons. The second-order valence-electron chi connectivity index (χ2n) is 4.18. The standard InChI is InChI=1S/C13H13BrClNO/c1-9-4-6-16(7-5-9)13(17)11-3-2-10(15)8-12(11)14/h2-4,8H,5-7H2,1H3. The predicted molar refractivity (Wildman–Crippen MR) is 73.4 cm³/mol. The van der Waals surface area contributed by atoms with Gasteiger partial charge in [-0.3, -0.25) is 4.79 Å². The molecular formula is C13H13BrClNO. The van der Waals surface area contributed by atoms with E-state index in [9.17, 15) is 4.79 Å². The molecule has 1 aromatic carbocycles. The molecule has 0 N–H and O–H groups in total. The van der Waals surface area contributed by atoms with Crippen molar-refractivity contribution in [2.45, 2.75) is 13.3 Å². The van der Waals surface area contributed by atoms with Gasteiger partial charge in [0.15, 0.2) is 0 Å². The molecule has 1 heterocycles. The van der Waals surface area contributed by atoms with Crippen LogP contribution in [0.3, 0.4) is 0 Å². The summed E-state index contributed by atoms with van der Waals surface area (Å²) < 4.78 is 0.751. The number of rotatable bonds is 1. The van der Waals surface area contributed by atoms with Crippen LogP contribution >= 0.6 is 27.5 Å². The Morgan fingerprint density at radius 3 is 2.82 bits per heavy atom. The van der Waals surface area contributed by atoms with Gasteiger partial charge in [-0.05, 0) is 47.5 Å². The van der Waals surface area contributed by atoms with Crippen LogP contribution in [0, 0.1) is 0 Å². The van der Waals surface area contributed by atoms with Crippen molar-refractivity contribution in [2.75, 3.05) is 13.1 Å². The quantitative estimate of drug-likeness (QED) is 0.720. The van der Waals surface area contributed by atoms with Crippen LogP contribution in [0.4, 0.5) is 0 Å². The fourth-order valence-corrected chi connectivity index (χ4v) is 2.64. The molecule has 0 atom stereocenters. The third-order valence-electron chi connectivity index (χ3n) is 2.88. The van der Waals surface area contributed by atoms with E-state index in [1.807, 2.05) is 4.90 Å². The first-order chi connectivity index (χ1) is 8.08. The maximum Gasteiger partial charge on any atom is 0.255 e. The fraction of sp³-hybridized carbons (Fsp3) is 0.308. The van der Waals surface area contributed by atoms with Crippen LogP contribution in [0.2, 0.25) is 5.02 Å². The molecule has 90 valence electrons. The molecule has 2 rings (SSSR count). The Hall–Kier alpha value is -0.800. The summed E-state index contributed by atoms with van der Waals surface area (Å²) in [5, 5.41) is 0.628. The molecule has 0 saturated carbocycles. The molecule has 0 aliphatic carbocycles. The largest absolute Gasteiger partial charge is 0.335 e. The molecule has 0 fully saturated rings. The van der Waals surface area contributed by atoms with Gasteiger partial charge in [0.05, 0.1) is 5.56 Å². The molecule has 17 heavy (non-hydrogen) atoms. The van der Waals surface area contributed by atoms with E-state index in [4.69, 9.17) is 11.6 Å². The van der Waals surface area contributed by atoms with Crippen molar-refractivity contribution in [3.8, 4) is 0 Å². The fourth-order valence-electron chi connectivity index (χ4n) is 1.79. The van der Waals surface area contributed by atoms with Crippen LogP contribution in [0.15, 0.2) is 34.3 Å². The summed E-state index contributed by atoms with van der Waals surface area (Å²) in [6, 6.07) is 5.25. The summed E-state index contributed by atoms with van der Waals surface area (Å²) in [5.41, 5.74) is 2.02. The highest BCUT2D eigenvalue weighted by molar-refractivity contribution is 9.10. The summed E-state index contributed by atoms with van der Waals surface area (Å²) in [5.74, 6) is 0.0530. The lowest BCUT2D eigenvalue weighted by Crippen LogP contribution is -2.34.